The third-order valence-electron chi connectivity index (χ3n) is 4.14. The van der Waals surface area contributed by atoms with Crippen molar-refractivity contribution in [3.05, 3.63) is 48.5 Å². The number of rotatable bonds is 4. The molecule has 0 radical (unpaired) electrons. The van der Waals surface area contributed by atoms with Crippen LogP contribution in [0.25, 0.3) is 0 Å². The van der Waals surface area contributed by atoms with E-state index in [9.17, 15) is 8.42 Å². The van der Waals surface area contributed by atoms with Crippen LogP contribution >= 0.6 is 0 Å². The third kappa shape index (κ3) is 3.06. The van der Waals surface area contributed by atoms with Crippen LogP contribution in [-0.2, 0) is 10.0 Å². The monoisotopic (exact) mass is 346 g/mol. The average Bonchev–Trinajstić information content (AvgIpc) is 2.76. The van der Waals surface area contributed by atoms with E-state index in [2.05, 4.69) is 4.90 Å². The summed E-state index contributed by atoms with van der Waals surface area (Å²) in [4.78, 5) is 2.38. The van der Waals surface area contributed by atoms with Gasteiger partial charge in [-0.25, -0.2) is 8.42 Å². The summed E-state index contributed by atoms with van der Waals surface area (Å²) in [7, 11) is -1.61. The molecule has 0 unspecified atom stereocenters. The van der Waals surface area contributed by atoms with Gasteiger partial charge >= 0.3 is 0 Å². The molecule has 1 heterocycles. The molecule has 0 saturated carbocycles. The maximum absolute atomic E-state index is 13.1. The Morgan fingerprint density at radius 3 is 2.33 bits per heavy atom. The van der Waals surface area contributed by atoms with Crippen molar-refractivity contribution in [2.75, 3.05) is 35.9 Å². The SMILES string of the molecule is CCOc1ccc(S(=O)(=O)N2CCCN(C)c3ccccc32)cc1. The van der Waals surface area contributed by atoms with Gasteiger partial charge in [0.2, 0.25) is 0 Å². The van der Waals surface area contributed by atoms with Gasteiger partial charge in [0.15, 0.2) is 0 Å². The van der Waals surface area contributed by atoms with Crippen molar-refractivity contribution in [2.24, 2.45) is 0 Å². The molecule has 0 amide bonds. The molecule has 2 aromatic rings. The first kappa shape index (κ1) is 16.6. The Hall–Kier alpha value is -2.21. The zero-order valence-electron chi connectivity index (χ0n) is 14.0. The van der Waals surface area contributed by atoms with E-state index in [1.807, 2.05) is 38.2 Å². The van der Waals surface area contributed by atoms with Crippen molar-refractivity contribution in [2.45, 2.75) is 18.2 Å². The molecule has 1 aliphatic heterocycles. The highest BCUT2D eigenvalue weighted by Gasteiger charge is 2.29. The first-order valence-electron chi connectivity index (χ1n) is 8.10. The third-order valence-corrected chi connectivity index (χ3v) is 5.97. The molecule has 24 heavy (non-hydrogen) atoms. The highest BCUT2D eigenvalue weighted by atomic mass is 32.2. The number of hydrogen-bond donors (Lipinski definition) is 0. The minimum absolute atomic E-state index is 0.283. The Bertz CT molecular complexity index is 803. The van der Waals surface area contributed by atoms with Crippen molar-refractivity contribution in [3.63, 3.8) is 0 Å². The van der Waals surface area contributed by atoms with Crippen molar-refractivity contribution in [1.82, 2.24) is 0 Å². The number of ether oxygens (including phenoxy) is 1. The summed E-state index contributed by atoms with van der Waals surface area (Å²) in [6, 6.07) is 14.2. The van der Waals surface area contributed by atoms with Crippen LogP contribution in [0.2, 0.25) is 0 Å². The molecule has 128 valence electrons. The van der Waals surface area contributed by atoms with Crippen LogP contribution in [0.4, 0.5) is 11.4 Å². The minimum atomic E-state index is -3.60. The maximum atomic E-state index is 13.1. The normalized spacial score (nSPS) is 14.9. The lowest BCUT2D eigenvalue weighted by atomic mass is 10.2. The van der Waals surface area contributed by atoms with Crippen LogP contribution in [0, 0.1) is 0 Å². The van der Waals surface area contributed by atoms with Crippen molar-refractivity contribution >= 4 is 21.4 Å². The first-order chi connectivity index (χ1) is 11.5. The summed E-state index contributed by atoms with van der Waals surface area (Å²) in [6.07, 6.45) is 0.779. The van der Waals surface area contributed by atoms with Gasteiger partial charge < -0.3 is 9.64 Å². The number of benzene rings is 2. The summed E-state index contributed by atoms with van der Waals surface area (Å²) in [5.74, 6) is 0.674. The number of sulfonamides is 1. The second-order valence-electron chi connectivity index (χ2n) is 5.75. The quantitative estimate of drug-likeness (QED) is 0.853. The first-order valence-corrected chi connectivity index (χ1v) is 9.54. The van der Waals surface area contributed by atoms with Crippen LogP contribution in [0.15, 0.2) is 53.4 Å². The fourth-order valence-corrected chi connectivity index (χ4v) is 4.46. The van der Waals surface area contributed by atoms with E-state index in [0.717, 1.165) is 24.3 Å². The number of anilines is 2. The van der Waals surface area contributed by atoms with E-state index < -0.39 is 10.0 Å². The smallest absolute Gasteiger partial charge is 0.264 e. The lowest BCUT2D eigenvalue weighted by molar-refractivity contribution is 0.340. The zero-order chi connectivity index (χ0) is 17.2. The number of para-hydroxylation sites is 2. The highest BCUT2D eigenvalue weighted by Crippen LogP contribution is 2.35. The predicted octanol–water partition coefficient (Wildman–Crippen LogP) is 3.12. The molecular formula is C18H22N2O3S. The zero-order valence-corrected chi connectivity index (χ0v) is 14.8. The van der Waals surface area contributed by atoms with Gasteiger partial charge in [0, 0.05) is 20.1 Å². The van der Waals surface area contributed by atoms with Gasteiger partial charge in [-0.3, -0.25) is 4.31 Å². The lowest BCUT2D eigenvalue weighted by Crippen LogP contribution is -2.31. The highest BCUT2D eigenvalue weighted by molar-refractivity contribution is 7.92. The van der Waals surface area contributed by atoms with Crippen LogP contribution in [0.1, 0.15) is 13.3 Å². The largest absolute Gasteiger partial charge is 0.494 e. The molecule has 3 rings (SSSR count). The summed E-state index contributed by atoms with van der Waals surface area (Å²) in [5, 5.41) is 0. The molecule has 0 N–H and O–H groups in total. The Kier molecular flexibility index (Phi) is 4.66. The molecule has 6 heteroatoms. The molecular weight excluding hydrogens is 324 g/mol. The fourth-order valence-electron chi connectivity index (χ4n) is 2.94. The Labute approximate surface area is 143 Å². The van der Waals surface area contributed by atoms with Gasteiger partial charge in [-0.05, 0) is 49.7 Å². The second-order valence-corrected chi connectivity index (χ2v) is 7.61. The van der Waals surface area contributed by atoms with E-state index in [1.165, 1.54) is 4.31 Å². The summed E-state index contributed by atoms with van der Waals surface area (Å²) >= 11 is 0. The number of hydrogen-bond acceptors (Lipinski definition) is 4. The lowest BCUT2D eigenvalue weighted by Gasteiger charge is -2.25. The van der Waals surface area contributed by atoms with E-state index in [-0.39, 0.29) is 4.90 Å². The van der Waals surface area contributed by atoms with E-state index >= 15 is 0 Å². The summed E-state index contributed by atoms with van der Waals surface area (Å²) in [6.45, 7) is 3.75. The molecule has 0 saturated heterocycles. The topological polar surface area (TPSA) is 49.9 Å². The van der Waals surface area contributed by atoms with Gasteiger partial charge in [-0.2, -0.15) is 0 Å². The van der Waals surface area contributed by atoms with Gasteiger partial charge in [0.25, 0.3) is 10.0 Å². The van der Waals surface area contributed by atoms with Gasteiger partial charge in [-0.15, -0.1) is 0 Å². The standard InChI is InChI=1S/C18H22N2O3S/c1-3-23-15-9-11-16(12-10-15)24(21,22)20-14-6-13-19(2)17-7-4-5-8-18(17)20/h4-5,7-12H,3,6,13-14H2,1-2H3. The van der Waals surface area contributed by atoms with Crippen LogP contribution in [-0.4, -0.2) is 35.2 Å². The average molecular weight is 346 g/mol. The van der Waals surface area contributed by atoms with E-state index in [1.54, 1.807) is 24.3 Å². The van der Waals surface area contributed by atoms with Crippen LogP contribution < -0.4 is 13.9 Å². The predicted molar refractivity (Wildman–Crippen MR) is 96.5 cm³/mol. The molecule has 0 bridgehead atoms. The van der Waals surface area contributed by atoms with Gasteiger partial charge in [0.1, 0.15) is 5.75 Å². The van der Waals surface area contributed by atoms with Crippen molar-refractivity contribution < 1.29 is 13.2 Å². The molecule has 0 atom stereocenters. The van der Waals surface area contributed by atoms with Crippen LogP contribution in [0.3, 0.4) is 0 Å². The van der Waals surface area contributed by atoms with Crippen molar-refractivity contribution in [1.29, 1.82) is 0 Å². The minimum Gasteiger partial charge on any atom is -0.494 e. The van der Waals surface area contributed by atoms with Gasteiger partial charge in [-0.1, -0.05) is 12.1 Å². The molecule has 2 aromatic carbocycles. The second kappa shape index (κ2) is 6.73. The molecule has 0 aromatic heterocycles. The Morgan fingerprint density at radius 2 is 1.67 bits per heavy atom. The number of nitrogens with zero attached hydrogens (tertiary/aromatic N) is 2. The van der Waals surface area contributed by atoms with Crippen molar-refractivity contribution in [3.8, 4) is 5.75 Å². The van der Waals surface area contributed by atoms with Crippen LogP contribution in [0.5, 0.6) is 5.75 Å². The molecule has 0 aliphatic carbocycles. The van der Waals surface area contributed by atoms with Gasteiger partial charge in [0.05, 0.1) is 22.9 Å². The fraction of sp³-hybridized carbons (Fsp3) is 0.333. The maximum Gasteiger partial charge on any atom is 0.264 e. The Morgan fingerprint density at radius 1 is 1.00 bits per heavy atom. The molecule has 1 aliphatic rings. The van der Waals surface area contributed by atoms with E-state index in [4.69, 9.17) is 4.74 Å². The molecule has 0 fully saturated rings. The summed E-state index contributed by atoms with van der Waals surface area (Å²) in [5.41, 5.74) is 1.66. The Balaban J connectivity index is 2.01. The number of fused-ring (bicyclic) bond motifs is 1. The van der Waals surface area contributed by atoms with E-state index in [0.29, 0.717) is 18.9 Å². The molecule has 0 spiro atoms. The molecule has 5 nitrogen and oxygen atoms in total. The summed E-state index contributed by atoms with van der Waals surface area (Å²) < 4.78 is 33.2.